The number of hydrogen-bond donors (Lipinski definition) is 4. The average Bonchev–Trinajstić information content (AvgIpc) is 2.21. The van der Waals surface area contributed by atoms with E-state index in [1.165, 1.54) is 0 Å². The largest absolute Gasteiger partial charge is 0.490 e. The molecule has 0 spiro atoms. The van der Waals surface area contributed by atoms with E-state index < -0.39 is 18.2 Å². The van der Waals surface area contributed by atoms with Gasteiger partial charge in [0.2, 0.25) is 11.8 Å². The molecule has 1 saturated heterocycles. The Labute approximate surface area is 93.1 Å². The molecule has 17 heavy (non-hydrogen) atoms. The Balaban J connectivity index is 0.000000325. The van der Waals surface area contributed by atoms with Crippen LogP contribution in [0.5, 0.6) is 0 Å². The number of nitrogens with two attached hydrogens (primary N) is 1. The molecule has 7 nitrogen and oxygen atoms in total. The lowest BCUT2D eigenvalue weighted by Crippen LogP contribution is -2.58. The molecule has 0 saturated carbocycles. The maximum atomic E-state index is 10.8. The Morgan fingerprint density at radius 1 is 1.47 bits per heavy atom. The van der Waals surface area contributed by atoms with Gasteiger partial charge in [0.05, 0.1) is 6.54 Å². The van der Waals surface area contributed by atoms with Crippen LogP contribution in [0.1, 0.15) is 0 Å². The van der Waals surface area contributed by atoms with Crippen LogP contribution in [0.4, 0.5) is 13.2 Å². The average molecular weight is 257 g/mol. The van der Waals surface area contributed by atoms with Gasteiger partial charge in [0.15, 0.2) is 0 Å². The number of alkyl halides is 3. The summed E-state index contributed by atoms with van der Waals surface area (Å²) in [7, 11) is 0. The van der Waals surface area contributed by atoms with Crippen LogP contribution in [0.3, 0.4) is 0 Å². The van der Waals surface area contributed by atoms with Crippen molar-refractivity contribution < 1.29 is 32.7 Å². The maximum absolute atomic E-state index is 10.8. The van der Waals surface area contributed by atoms with Crippen LogP contribution in [0, 0.1) is 0 Å². The molecule has 2 amide bonds. The highest BCUT2D eigenvalue weighted by molar-refractivity contribution is 5.94. The predicted molar refractivity (Wildman–Crippen MR) is 47.7 cm³/mol. The Kier molecular flexibility index (Phi) is 5.38. The standard InChI is InChI=1S/C5H9N3O2.C2HF3O2/c6-1-3-5(10)7-2-4(9)8-3;3-2(4,5)1(6)7/h3H,1-2,6H2,(H,7,10)(H,8,9);(H,6,7)/t3-;/m0./s1. The molecule has 0 aliphatic carbocycles. The minimum absolute atomic E-state index is 0.0648. The van der Waals surface area contributed by atoms with E-state index in [0.717, 1.165) is 0 Å². The molecule has 0 aromatic carbocycles. The van der Waals surface area contributed by atoms with Crippen LogP contribution in [-0.4, -0.2) is 48.2 Å². The first-order valence-electron chi connectivity index (χ1n) is 4.25. The second kappa shape index (κ2) is 6.03. The van der Waals surface area contributed by atoms with E-state index in [2.05, 4.69) is 10.6 Å². The van der Waals surface area contributed by atoms with Crippen molar-refractivity contribution in [2.75, 3.05) is 13.1 Å². The van der Waals surface area contributed by atoms with E-state index >= 15 is 0 Å². The lowest BCUT2D eigenvalue weighted by molar-refractivity contribution is -0.192. The number of piperazine rings is 1. The van der Waals surface area contributed by atoms with Crippen molar-refractivity contribution in [3.63, 3.8) is 0 Å². The summed E-state index contributed by atoms with van der Waals surface area (Å²) in [5.74, 6) is -3.15. The summed E-state index contributed by atoms with van der Waals surface area (Å²) in [6, 6.07) is -0.541. The molecule has 5 N–H and O–H groups in total. The molecule has 1 heterocycles. The van der Waals surface area contributed by atoms with E-state index in [9.17, 15) is 22.8 Å². The van der Waals surface area contributed by atoms with E-state index in [1.54, 1.807) is 0 Å². The van der Waals surface area contributed by atoms with Crippen LogP contribution in [0.25, 0.3) is 0 Å². The lowest BCUT2D eigenvalue weighted by Gasteiger charge is -2.21. The SMILES string of the molecule is NC[C@@H]1NC(=O)CNC1=O.O=C(O)C(F)(F)F. The molecule has 1 atom stereocenters. The number of halogens is 3. The summed E-state index contributed by atoms with van der Waals surface area (Å²) in [4.78, 5) is 30.3. The Hall–Kier alpha value is -1.84. The highest BCUT2D eigenvalue weighted by Crippen LogP contribution is 2.13. The van der Waals surface area contributed by atoms with Crippen molar-refractivity contribution in [3.05, 3.63) is 0 Å². The second-order valence-electron chi connectivity index (χ2n) is 2.88. The Bertz CT molecular complexity index is 318. The van der Waals surface area contributed by atoms with Gasteiger partial charge in [-0.3, -0.25) is 9.59 Å². The summed E-state index contributed by atoms with van der Waals surface area (Å²) < 4.78 is 31.7. The third-order valence-electron chi connectivity index (χ3n) is 1.55. The van der Waals surface area contributed by atoms with Gasteiger partial charge in [-0.15, -0.1) is 0 Å². The summed E-state index contributed by atoms with van der Waals surface area (Å²) >= 11 is 0. The maximum Gasteiger partial charge on any atom is 0.490 e. The number of amides is 2. The zero-order valence-electron chi connectivity index (χ0n) is 8.37. The van der Waals surface area contributed by atoms with Crippen molar-refractivity contribution in [2.24, 2.45) is 5.73 Å². The van der Waals surface area contributed by atoms with Crippen molar-refractivity contribution in [1.29, 1.82) is 0 Å². The number of rotatable bonds is 1. The molecular weight excluding hydrogens is 247 g/mol. The number of carboxylic acid groups (broad SMARTS) is 1. The van der Waals surface area contributed by atoms with Crippen LogP contribution < -0.4 is 16.4 Å². The summed E-state index contributed by atoms with van der Waals surface area (Å²) in [6.07, 6.45) is -5.08. The topological polar surface area (TPSA) is 122 Å². The van der Waals surface area contributed by atoms with Crippen molar-refractivity contribution in [1.82, 2.24) is 10.6 Å². The van der Waals surface area contributed by atoms with Gasteiger partial charge in [0, 0.05) is 6.54 Å². The van der Waals surface area contributed by atoms with Crippen LogP contribution in [0.2, 0.25) is 0 Å². The molecule has 1 fully saturated rings. The van der Waals surface area contributed by atoms with Gasteiger partial charge in [-0.05, 0) is 0 Å². The quantitative estimate of drug-likeness (QED) is 0.441. The monoisotopic (exact) mass is 257 g/mol. The fraction of sp³-hybridized carbons (Fsp3) is 0.571. The number of carbonyl (C=O) groups excluding carboxylic acids is 2. The highest BCUT2D eigenvalue weighted by atomic mass is 19.4. The van der Waals surface area contributed by atoms with Gasteiger partial charge < -0.3 is 21.5 Å². The first-order valence-corrected chi connectivity index (χ1v) is 4.25. The number of carbonyl (C=O) groups is 3. The molecule has 1 rings (SSSR count). The summed E-state index contributed by atoms with van der Waals surface area (Å²) in [6.45, 7) is 0.215. The van der Waals surface area contributed by atoms with Crippen LogP contribution in [-0.2, 0) is 14.4 Å². The zero-order valence-corrected chi connectivity index (χ0v) is 8.37. The Morgan fingerprint density at radius 2 is 1.94 bits per heavy atom. The van der Waals surface area contributed by atoms with Crippen molar-refractivity contribution in [3.8, 4) is 0 Å². The van der Waals surface area contributed by atoms with Gasteiger partial charge in [-0.1, -0.05) is 0 Å². The molecule has 0 unspecified atom stereocenters. The molecule has 1 aliphatic heterocycles. The third kappa shape index (κ3) is 5.70. The Morgan fingerprint density at radius 3 is 2.24 bits per heavy atom. The lowest BCUT2D eigenvalue weighted by atomic mass is 10.2. The molecule has 1 aliphatic rings. The molecule has 10 heteroatoms. The molecule has 0 aromatic heterocycles. The minimum atomic E-state index is -5.08. The van der Waals surface area contributed by atoms with Gasteiger partial charge >= 0.3 is 12.1 Å². The fourth-order valence-corrected chi connectivity index (χ4v) is 0.767. The molecule has 0 bridgehead atoms. The van der Waals surface area contributed by atoms with Crippen LogP contribution >= 0.6 is 0 Å². The van der Waals surface area contributed by atoms with E-state index in [4.69, 9.17) is 15.6 Å². The normalized spacial score (nSPS) is 19.6. The van der Waals surface area contributed by atoms with E-state index in [1.807, 2.05) is 0 Å². The number of carboxylic acids is 1. The number of nitrogens with one attached hydrogen (secondary N) is 2. The van der Waals surface area contributed by atoms with Gasteiger partial charge in [-0.2, -0.15) is 13.2 Å². The molecular formula is C7H10F3N3O4. The minimum Gasteiger partial charge on any atom is -0.475 e. The van der Waals surface area contributed by atoms with E-state index in [-0.39, 0.29) is 24.9 Å². The zero-order chi connectivity index (χ0) is 13.6. The highest BCUT2D eigenvalue weighted by Gasteiger charge is 2.38. The first kappa shape index (κ1) is 15.2. The van der Waals surface area contributed by atoms with Gasteiger partial charge in [0.1, 0.15) is 6.04 Å². The number of hydrogen-bond acceptors (Lipinski definition) is 4. The summed E-state index contributed by atoms with van der Waals surface area (Å²) in [5, 5.41) is 12.0. The summed E-state index contributed by atoms with van der Waals surface area (Å²) in [5.41, 5.74) is 5.18. The fourth-order valence-electron chi connectivity index (χ4n) is 0.767. The molecule has 0 aromatic rings. The second-order valence-corrected chi connectivity index (χ2v) is 2.88. The third-order valence-corrected chi connectivity index (χ3v) is 1.55. The first-order chi connectivity index (χ1) is 7.68. The predicted octanol–water partition coefficient (Wildman–Crippen LogP) is -1.81. The van der Waals surface area contributed by atoms with Crippen molar-refractivity contribution in [2.45, 2.75) is 12.2 Å². The van der Waals surface area contributed by atoms with Gasteiger partial charge in [-0.25, -0.2) is 4.79 Å². The van der Waals surface area contributed by atoms with E-state index in [0.29, 0.717) is 0 Å². The van der Waals surface area contributed by atoms with Crippen molar-refractivity contribution >= 4 is 17.8 Å². The molecule has 98 valence electrons. The molecule has 0 radical (unpaired) electrons. The smallest absolute Gasteiger partial charge is 0.475 e. The van der Waals surface area contributed by atoms with Gasteiger partial charge in [0.25, 0.3) is 0 Å². The number of aliphatic carboxylic acids is 1. The van der Waals surface area contributed by atoms with Crippen LogP contribution in [0.15, 0.2) is 0 Å².